The van der Waals surface area contributed by atoms with E-state index in [9.17, 15) is 14.9 Å². The number of nitrogens with zero attached hydrogens (tertiary/aromatic N) is 2. The highest BCUT2D eigenvalue weighted by atomic mass is 35.5. The molecule has 0 saturated heterocycles. The molecule has 4 rings (SSSR count). The second-order valence-electron chi connectivity index (χ2n) is 7.11. The molecule has 0 aliphatic heterocycles. The lowest BCUT2D eigenvalue weighted by molar-refractivity contribution is -0.384. The van der Waals surface area contributed by atoms with E-state index in [1.807, 2.05) is 35.0 Å². The summed E-state index contributed by atoms with van der Waals surface area (Å²) < 4.78 is 0. The van der Waals surface area contributed by atoms with E-state index in [4.69, 9.17) is 16.6 Å². The number of amides is 1. The Morgan fingerprint density at radius 2 is 1.91 bits per heavy atom. The number of benzene rings is 2. The van der Waals surface area contributed by atoms with Gasteiger partial charge in [0.15, 0.2) is 0 Å². The average Bonchev–Trinajstić information content (AvgIpc) is 3.46. The number of aromatic nitrogens is 1. The molecule has 0 saturated carbocycles. The summed E-state index contributed by atoms with van der Waals surface area (Å²) in [4.78, 5) is 29.2. The molecular weight excluding hydrogens is 466 g/mol. The van der Waals surface area contributed by atoms with Gasteiger partial charge in [0.1, 0.15) is 5.01 Å². The number of nitro groups is 1. The van der Waals surface area contributed by atoms with E-state index >= 15 is 0 Å². The van der Waals surface area contributed by atoms with Crippen LogP contribution < -0.4 is 5.32 Å². The zero-order valence-corrected chi connectivity index (χ0v) is 19.1. The molecule has 0 aliphatic carbocycles. The van der Waals surface area contributed by atoms with E-state index in [2.05, 4.69) is 5.32 Å². The van der Waals surface area contributed by atoms with Crippen molar-refractivity contribution in [1.82, 2.24) is 10.3 Å². The fraction of sp³-hybridized carbons (Fsp3) is 0.130. The Bertz CT molecular complexity index is 1220. The van der Waals surface area contributed by atoms with Gasteiger partial charge in [0.2, 0.25) is 5.91 Å². The van der Waals surface area contributed by atoms with E-state index < -0.39 is 4.92 Å². The lowest BCUT2D eigenvalue weighted by Gasteiger charge is -2.17. The Kier molecular flexibility index (Phi) is 6.94. The predicted octanol–water partition coefficient (Wildman–Crippen LogP) is 6.08. The van der Waals surface area contributed by atoms with Gasteiger partial charge in [0.25, 0.3) is 5.69 Å². The van der Waals surface area contributed by atoms with Crippen molar-refractivity contribution in [3.05, 3.63) is 103 Å². The van der Waals surface area contributed by atoms with Crippen LogP contribution in [-0.4, -0.2) is 15.8 Å². The fourth-order valence-corrected chi connectivity index (χ4v) is 5.16. The first-order valence-corrected chi connectivity index (χ1v) is 11.9. The predicted molar refractivity (Wildman–Crippen MR) is 128 cm³/mol. The highest BCUT2D eigenvalue weighted by Gasteiger charge is 2.20. The molecule has 162 valence electrons. The number of halogens is 1. The summed E-state index contributed by atoms with van der Waals surface area (Å²) >= 11 is 9.17. The summed E-state index contributed by atoms with van der Waals surface area (Å²) in [5, 5.41) is 19.4. The molecule has 0 fully saturated rings. The summed E-state index contributed by atoms with van der Waals surface area (Å²) in [6.45, 7) is 0. The number of carbonyl (C=O) groups is 1. The second kappa shape index (κ2) is 10.0. The topological polar surface area (TPSA) is 85.1 Å². The molecule has 6 nitrogen and oxygen atoms in total. The normalized spacial score (nSPS) is 11.8. The molecule has 9 heteroatoms. The number of carbonyl (C=O) groups excluding carboxylic acids is 1. The maximum Gasteiger partial charge on any atom is 0.269 e. The van der Waals surface area contributed by atoms with E-state index in [0.29, 0.717) is 11.4 Å². The Morgan fingerprint density at radius 3 is 2.59 bits per heavy atom. The molecule has 0 spiro atoms. The molecule has 4 aromatic rings. The molecule has 1 N–H and O–H groups in total. The van der Waals surface area contributed by atoms with Crippen LogP contribution in [0.2, 0.25) is 5.02 Å². The number of hydrogen-bond donors (Lipinski definition) is 1. The van der Waals surface area contributed by atoms with Crippen LogP contribution in [0.4, 0.5) is 5.69 Å². The van der Waals surface area contributed by atoms with Gasteiger partial charge in [-0.15, -0.1) is 22.7 Å². The molecule has 32 heavy (non-hydrogen) atoms. The van der Waals surface area contributed by atoms with Gasteiger partial charge in [-0.1, -0.05) is 41.9 Å². The Balaban J connectivity index is 1.55. The summed E-state index contributed by atoms with van der Waals surface area (Å²) in [6, 6.07) is 17.2. The van der Waals surface area contributed by atoms with Gasteiger partial charge >= 0.3 is 0 Å². The van der Waals surface area contributed by atoms with Crippen molar-refractivity contribution in [2.45, 2.75) is 18.9 Å². The number of non-ortho nitro benzene ring substituents is 1. The van der Waals surface area contributed by atoms with Crippen LogP contribution >= 0.6 is 34.3 Å². The van der Waals surface area contributed by atoms with Gasteiger partial charge in [0.05, 0.1) is 28.0 Å². The molecule has 1 atom stereocenters. The quantitative estimate of drug-likeness (QED) is 0.243. The van der Waals surface area contributed by atoms with Crippen molar-refractivity contribution < 1.29 is 9.72 Å². The van der Waals surface area contributed by atoms with Crippen molar-refractivity contribution in [1.29, 1.82) is 0 Å². The van der Waals surface area contributed by atoms with Gasteiger partial charge in [-0.3, -0.25) is 14.9 Å². The van der Waals surface area contributed by atoms with E-state index in [-0.39, 0.29) is 24.1 Å². The van der Waals surface area contributed by atoms with Gasteiger partial charge in [-0.2, -0.15) is 0 Å². The number of hydrogen-bond acceptors (Lipinski definition) is 6. The molecule has 0 aliphatic rings. The van der Waals surface area contributed by atoms with Crippen molar-refractivity contribution in [3.63, 3.8) is 0 Å². The smallest absolute Gasteiger partial charge is 0.269 e. The minimum absolute atomic E-state index is 0.0314. The van der Waals surface area contributed by atoms with Gasteiger partial charge in [-0.25, -0.2) is 4.98 Å². The summed E-state index contributed by atoms with van der Waals surface area (Å²) in [6.07, 6.45) is 0.659. The number of thiophene rings is 1. The highest BCUT2D eigenvalue weighted by molar-refractivity contribution is 7.20. The molecule has 0 unspecified atom stereocenters. The molecule has 1 amide bonds. The fourth-order valence-electron chi connectivity index (χ4n) is 3.26. The number of thiazole rings is 1. The van der Waals surface area contributed by atoms with Crippen LogP contribution in [0.15, 0.2) is 71.4 Å². The van der Waals surface area contributed by atoms with E-state index in [0.717, 1.165) is 26.7 Å². The van der Waals surface area contributed by atoms with Crippen molar-refractivity contribution in [2.75, 3.05) is 0 Å². The molecule has 2 aromatic carbocycles. The number of rotatable bonds is 8. The first kappa shape index (κ1) is 22.1. The SMILES string of the molecule is O=C(Cc1cccc(Cl)c1)N[C@@H](Cc1ccc([N+](=O)[O-])cc1)c1csc(-c2cccs2)n1. The number of nitrogens with one attached hydrogen (secondary N) is 1. The van der Waals surface area contributed by atoms with Gasteiger partial charge in [-0.05, 0) is 41.1 Å². The maximum atomic E-state index is 12.8. The van der Waals surface area contributed by atoms with Crippen LogP contribution in [-0.2, 0) is 17.6 Å². The van der Waals surface area contributed by atoms with Crippen molar-refractivity contribution >= 4 is 45.9 Å². The average molecular weight is 484 g/mol. The Morgan fingerprint density at radius 1 is 1.09 bits per heavy atom. The van der Waals surface area contributed by atoms with Crippen LogP contribution in [0.25, 0.3) is 9.88 Å². The van der Waals surface area contributed by atoms with Crippen LogP contribution in [0.3, 0.4) is 0 Å². The van der Waals surface area contributed by atoms with Crippen LogP contribution in [0.5, 0.6) is 0 Å². The van der Waals surface area contributed by atoms with E-state index in [1.54, 1.807) is 35.6 Å². The van der Waals surface area contributed by atoms with Gasteiger partial charge in [0, 0.05) is 22.5 Å². The Hall–Kier alpha value is -3.07. The molecule has 2 aromatic heterocycles. The minimum Gasteiger partial charge on any atom is -0.347 e. The summed E-state index contributed by atoms with van der Waals surface area (Å²) in [5.41, 5.74) is 2.48. The zero-order chi connectivity index (χ0) is 22.5. The first-order chi connectivity index (χ1) is 15.5. The van der Waals surface area contributed by atoms with Crippen molar-refractivity contribution in [2.24, 2.45) is 0 Å². The molecular formula is C23H18ClN3O3S2. The minimum atomic E-state index is -0.429. The summed E-state index contributed by atoms with van der Waals surface area (Å²) in [5.74, 6) is -0.148. The van der Waals surface area contributed by atoms with E-state index in [1.165, 1.54) is 23.5 Å². The van der Waals surface area contributed by atoms with Gasteiger partial charge < -0.3 is 5.32 Å². The third-order valence-electron chi connectivity index (χ3n) is 4.79. The van der Waals surface area contributed by atoms with Crippen LogP contribution in [0.1, 0.15) is 22.9 Å². The largest absolute Gasteiger partial charge is 0.347 e. The molecule has 0 radical (unpaired) electrons. The monoisotopic (exact) mass is 483 g/mol. The first-order valence-electron chi connectivity index (χ1n) is 9.74. The molecule has 0 bridgehead atoms. The second-order valence-corrected chi connectivity index (χ2v) is 9.35. The third kappa shape index (κ3) is 5.59. The molecule has 2 heterocycles. The highest BCUT2D eigenvalue weighted by Crippen LogP contribution is 2.31. The zero-order valence-electron chi connectivity index (χ0n) is 16.7. The Labute approximate surface area is 197 Å². The lowest BCUT2D eigenvalue weighted by atomic mass is 10.0. The van der Waals surface area contributed by atoms with Crippen LogP contribution in [0, 0.1) is 10.1 Å². The lowest BCUT2D eigenvalue weighted by Crippen LogP contribution is -2.31. The standard InChI is InChI=1S/C23H18ClN3O3S2/c24-17-4-1-3-16(11-17)13-22(28)25-19(12-15-6-8-18(9-7-15)27(29)30)20-14-32-23(26-20)21-5-2-10-31-21/h1-11,14,19H,12-13H2,(H,25,28)/t19-/m0/s1. The van der Waals surface area contributed by atoms with Crippen molar-refractivity contribution in [3.8, 4) is 9.88 Å². The summed E-state index contributed by atoms with van der Waals surface area (Å²) in [7, 11) is 0. The third-order valence-corrected chi connectivity index (χ3v) is 6.92. The number of nitro benzene ring substituents is 1. The maximum absolute atomic E-state index is 12.8.